The molecule has 0 aliphatic heterocycles. The van der Waals surface area contributed by atoms with Gasteiger partial charge >= 0.3 is 0 Å². The summed E-state index contributed by atoms with van der Waals surface area (Å²) in [4.78, 5) is 1.49. The molecule has 1 aromatic rings. The van der Waals surface area contributed by atoms with E-state index in [4.69, 9.17) is 0 Å². The largest absolute Gasteiger partial charge is 0.311 e. The summed E-state index contributed by atoms with van der Waals surface area (Å²) in [5.41, 5.74) is 0. The summed E-state index contributed by atoms with van der Waals surface area (Å²) in [6.45, 7) is 4.65. The van der Waals surface area contributed by atoms with Crippen LogP contribution in [0.25, 0.3) is 0 Å². The Hall–Kier alpha value is 0.140. The molecule has 0 spiro atoms. The molecule has 1 nitrogen and oxygen atoms in total. The summed E-state index contributed by atoms with van der Waals surface area (Å²) in [7, 11) is 0. The Bertz CT molecular complexity index is 319. The quantitative estimate of drug-likeness (QED) is 0.868. The zero-order valence-electron chi connectivity index (χ0n) is 9.29. The number of nitrogens with one attached hydrogen (secondary N) is 1. The maximum atomic E-state index is 3.67. The lowest BCUT2D eigenvalue weighted by molar-refractivity contribution is 0.397. The topological polar surface area (TPSA) is 12.0 Å². The summed E-state index contributed by atoms with van der Waals surface area (Å²) >= 11 is 5.37. The van der Waals surface area contributed by atoms with Crippen molar-refractivity contribution in [3.8, 4) is 0 Å². The van der Waals surface area contributed by atoms with Crippen LogP contribution in [0.5, 0.6) is 0 Å². The molecule has 0 bridgehead atoms. The molecule has 1 saturated carbocycles. The monoisotopic (exact) mass is 287 g/mol. The number of rotatable bonds is 5. The van der Waals surface area contributed by atoms with Crippen molar-refractivity contribution in [3.63, 3.8) is 0 Å². The van der Waals surface area contributed by atoms with Crippen LogP contribution in [0.3, 0.4) is 0 Å². The van der Waals surface area contributed by atoms with Gasteiger partial charge in [0.15, 0.2) is 0 Å². The van der Waals surface area contributed by atoms with Gasteiger partial charge in [0, 0.05) is 17.0 Å². The first-order valence-electron chi connectivity index (χ1n) is 5.65. The van der Waals surface area contributed by atoms with Crippen LogP contribution < -0.4 is 5.32 Å². The highest BCUT2D eigenvalue weighted by Gasteiger charge is 2.25. The predicted octanol–water partition coefficient (Wildman–Crippen LogP) is 3.83. The van der Waals surface area contributed by atoms with Gasteiger partial charge in [0.1, 0.15) is 0 Å². The molecule has 15 heavy (non-hydrogen) atoms. The Labute approximate surface area is 104 Å². The third-order valence-electron chi connectivity index (χ3n) is 3.08. The van der Waals surface area contributed by atoms with Gasteiger partial charge in [-0.25, -0.2) is 0 Å². The van der Waals surface area contributed by atoms with Crippen molar-refractivity contribution in [2.75, 3.05) is 0 Å². The minimum Gasteiger partial charge on any atom is -0.311 e. The fraction of sp³-hybridized carbons (Fsp3) is 0.667. The Morgan fingerprint density at radius 2 is 2.20 bits per heavy atom. The zero-order chi connectivity index (χ0) is 10.8. The number of hydrogen-bond donors (Lipinski definition) is 1. The smallest absolute Gasteiger partial charge is 0.0701 e. The second-order valence-corrected chi connectivity index (χ2v) is 7.16. The van der Waals surface area contributed by atoms with Crippen LogP contribution in [0, 0.1) is 5.92 Å². The molecule has 3 heteroatoms. The normalized spacial score (nSPS) is 20.2. The fourth-order valence-corrected chi connectivity index (χ4v) is 3.37. The highest BCUT2D eigenvalue weighted by atomic mass is 79.9. The SMILES string of the molecule is CC(Cc1ccc(Br)s1)C(C)NC1CC1. The zero-order valence-corrected chi connectivity index (χ0v) is 11.7. The Morgan fingerprint density at radius 3 is 2.73 bits per heavy atom. The van der Waals surface area contributed by atoms with E-state index in [0.29, 0.717) is 6.04 Å². The van der Waals surface area contributed by atoms with Crippen LogP contribution in [-0.4, -0.2) is 12.1 Å². The van der Waals surface area contributed by atoms with Crippen LogP contribution in [0.1, 0.15) is 31.6 Å². The molecule has 1 fully saturated rings. The maximum Gasteiger partial charge on any atom is 0.0701 e. The summed E-state index contributed by atoms with van der Waals surface area (Å²) in [6, 6.07) is 5.83. The van der Waals surface area contributed by atoms with Gasteiger partial charge in [0.25, 0.3) is 0 Å². The van der Waals surface area contributed by atoms with Gasteiger partial charge in [-0.3, -0.25) is 0 Å². The van der Waals surface area contributed by atoms with Crippen LogP contribution in [0.15, 0.2) is 15.9 Å². The van der Waals surface area contributed by atoms with Crippen LogP contribution in [0.2, 0.25) is 0 Å². The summed E-state index contributed by atoms with van der Waals surface area (Å²) in [6.07, 6.45) is 3.94. The van der Waals surface area contributed by atoms with Crippen LogP contribution in [-0.2, 0) is 6.42 Å². The molecular weight excluding hydrogens is 270 g/mol. The van der Waals surface area contributed by atoms with E-state index in [1.54, 1.807) is 0 Å². The van der Waals surface area contributed by atoms with E-state index in [1.807, 2.05) is 11.3 Å². The molecule has 0 amide bonds. The molecule has 1 aromatic heterocycles. The summed E-state index contributed by atoms with van der Waals surface area (Å²) in [5.74, 6) is 0.719. The van der Waals surface area contributed by atoms with E-state index in [1.165, 1.54) is 27.9 Å². The number of halogens is 1. The van der Waals surface area contributed by atoms with Crippen molar-refractivity contribution in [3.05, 3.63) is 20.8 Å². The first-order valence-corrected chi connectivity index (χ1v) is 7.26. The second kappa shape index (κ2) is 4.98. The average molecular weight is 288 g/mol. The van der Waals surface area contributed by atoms with Crippen molar-refractivity contribution in [2.24, 2.45) is 5.92 Å². The molecule has 0 saturated heterocycles. The predicted molar refractivity (Wildman–Crippen MR) is 70.5 cm³/mol. The first-order chi connectivity index (χ1) is 7.15. The lowest BCUT2D eigenvalue weighted by Gasteiger charge is -2.20. The lowest BCUT2D eigenvalue weighted by Crippen LogP contribution is -2.34. The Balaban J connectivity index is 1.82. The standard InChI is InChI=1S/C12H18BrNS/c1-8(9(2)14-10-3-4-10)7-11-5-6-12(13)15-11/h5-6,8-10,14H,3-4,7H2,1-2H3. The minimum absolute atomic E-state index is 0.637. The molecule has 1 N–H and O–H groups in total. The Morgan fingerprint density at radius 1 is 1.47 bits per heavy atom. The van der Waals surface area contributed by atoms with Gasteiger partial charge in [0.05, 0.1) is 3.79 Å². The minimum atomic E-state index is 0.637. The highest BCUT2D eigenvalue weighted by Crippen LogP contribution is 2.26. The fourth-order valence-electron chi connectivity index (χ4n) is 1.74. The molecule has 0 radical (unpaired) electrons. The molecule has 1 aliphatic rings. The van der Waals surface area contributed by atoms with E-state index in [0.717, 1.165) is 12.0 Å². The van der Waals surface area contributed by atoms with Crippen molar-refractivity contribution in [1.29, 1.82) is 0 Å². The third-order valence-corrected chi connectivity index (χ3v) is 4.73. The Kier molecular flexibility index (Phi) is 3.86. The second-order valence-electron chi connectivity index (χ2n) is 4.62. The summed E-state index contributed by atoms with van der Waals surface area (Å²) < 4.78 is 1.24. The van der Waals surface area contributed by atoms with Crippen molar-refractivity contribution in [1.82, 2.24) is 5.32 Å². The molecule has 1 aliphatic carbocycles. The average Bonchev–Trinajstić information content (AvgIpc) is 2.90. The number of hydrogen-bond acceptors (Lipinski definition) is 2. The van der Waals surface area contributed by atoms with E-state index in [2.05, 4.69) is 47.2 Å². The highest BCUT2D eigenvalue weighted by molar-refractivity contribution is 9.11. The van der Waals surface area contributed by atoms with E-state index in [9.17, 15) is 0 Å². The molecule has 2 unspecified atom stereocenters. The van der Waals surface area contributed by atoms with Gasteiger partial charge in [-0.05, 0) is 60.2 Å². The summed E-state index contributed by atoms with van der Waals surface area (Å²) in [5, 5.41) is 3.67. The number of thiophene rings is 1. The van der Waals surface area contributed by atoms with E-state index < -0.39 is 0 Å². The van der Waals surface area contributed by atoms with Gasteiger partial charge in [-0.2, -0.15) is 0 Å². The van der Waals surface area contributed by atoms with Gasteiger partial charge in [-0.1, -0.05) is 6.92 Å². The van der Waals surface area contributed by atoms with Crippen molar-refractivity contribution >= 4 is 27.3 Å². The van der Waals surface area contributed by atoms with Crippen LogP contribution >= 0.6 is 27.3 Å². The molecule has 0 aromatic carbocycles. The molecule has 2 rings (SSSR count). The van der Waals surface area contributed by atoms with Gasteiger partial charge < -0.3 is 5.32 Å². The maximum absolute atomic E-state index is 3.67. The van der Waals surface area contributed by atoms with Gasteiger partial charge in [0.2, 0.25) is 0 Å². The van der Waals surface area contributed by atoms with Crippen LogP contribution in [0.4, 0.5) is 0 Å². The van der Waals surface area contributed by atoms with E-state index >= 15 is 0 Å². The van der Waals surface area contributed by atoms with Crippen molar-refractivity contribution in [2.45, 2.75) is 45.2 Å². The third kappa shape index (κ3) is 3.58. The van der Waals surface area contributed by atoms with Crippen molar-refractivity contribution < 1.29 is 0 Å². The van der Waals surface area contributed by atoms with E-state index in [-0.39, 0.29) is 0 Å². The molecule has 84 valence electrons. The van der Waals surface area contributed by atoms with Gasteiger partial charge in [-0.15, -0.1) is 11.3 Å². The molecular formula is C12H18BrNS. The lowest BCUT2D eigenvalue weighted by atomic mass is 9.99. The first kappa shape index (κ1) is 11.6. The molecule has 1 heterocycles. The molecule has 2 atom stereocenters.